The minimum absolute atomic E-state index is 0.0633. The lowest BCUT2D eigenvalue weighted by molar-refractivity contribution is -0.274. The number of aromatic nitrogens is 3. The molecule has 0 radical (unpaired) electrons. The Morgan fingerprint density at radius 3 is 2.69 bits per heavy atom. The number of hydrogen-bond donors (Lipinski definition) is 1. The van der Waals surface area contributed by atoms with Gasteiger partial charge in [0.1, 0.15) is 11.5 Å². The van der Waals surface area contributed by atoms with E-state index in [-0.39, 0.29) is 11.5 Å². The smallest absolute Gasteiger partial charge is 0.496 e. The van der Waals surface area contributed by atoms with Gasteiger partial charge in [0, 0.05) is 38.8 Å². The first-order valence-electron chi connectivity index (χ1n) is 10.8. The van der Waals surface area contributed by atoms with E-state index < -0.39 is 6.36 Å². The molecule has 0 fully saturated rings. The Bertz CT molecular complexity index is 1370. The maximum atomic E-state index is 12.8. The molecular formula is C23H23F3N4O4S. The van der Waals surface area contributed by atoms with E-state index in [0.29, 0.717) is 64.2 Å². The Balaban J connectivity index is 1.59. The van der Waals surface area contributed by atoms with Gasteiger partial charge >= 0.3 is 6.36 Å². The standard InChI is InChI=1S/C23H23F3N4O4S/c1-4-33-9-5-6-18(31)14-11-16-17(12-19(14)32-3)30(2)21(27-16)29-22-28-15-8-7-13(10-20(15)35-22)34-23(24,25)26/h7-8,10-12H,4-6,9H2,1-3H3,(H,27,28,29). The van der Waals surface area contributed by atoms with Gasteiger partial charge < -0.3 is 24.1 Å². The van der Waals surface area contributed by atoms with E-state index in [9.17, 15) is 18.0 Å². The molecule has 1 N–H and O–H groups in total. The molecule has 0 unspecified atom stereocenters. The number of nitrogens with one attached hydrogen (secondary N) is 1. The number of alkyl halides is 3. The first kappa shape index (κ1) is 24.7. The highest BCUT2D eigenvalue weighted by Gasteiger charge is 2.31. The summed E-state index contributed by atoms with van der Waals surface area (Å²) in [6.07, 6.45) is -3.83. The zero-order chi connectivity index (χ0) is 25.2. The van der Waals surface area contributed by atoms with Crippen LogP contribution in [0.4, 0.5) is 24.3 Å². The molecule has 0 aliphatic rings. The van der Waals surface area contributed by atoms with E-state index in [2.05, 4.69) is 20.0 Å². The van der Waals surface area contributed by atoms with Crippen LogP contribution >= 0.6 is 11.3 Å². The van der Waals surface area contributed by atoms with Crippen LogP contribution in [0.15, 0.2) is 30.3 Å². The number of anilines is 2. The van der Waals surface area contributed by atoms with Gasteiger partial charge in [0.15, 0.2) is 10.9 Å². The van der Waals surface area contributed by atoms with Crippen molar-refractivity contribution in [1.29, 1.82) is 0 Å². The molecule has 2 aromatic heterocycles. The summed E-state index contributed by atoms with van der Waals surface area (Å²) in [7, 11) is 3.30. The second kappa shape index (κ2) is 10.1. The molecule has 0 atom stereocenters. The number of imidazole rings is 1. The number of ether oxygens (including phenoxy) is 3. The summed E-state index contributed by atoms with van der Waals surface area (Å²) in [5.74, 6) is 0.527. The second-order valence-electron chi connectivity index (χ2n) is 7.58. The highest BCUT2D eigenvalue weighted by molar-refractivity contribution is 7.22. The van der Waals surface area contributed by atoms with Crippen molar-refractivity contribution in [2.45, 2.75) is 26.1 Å². The third-order valence-electron chi connectivity index (χ3n) is 5.21. The predicted octanol–water partition coefficient (Wildman–Crippen LogP) is 5.83. The van der Waals surface area contributed by atoms with Gasteiger partial charge in [0.25, 0.3) is 0 Å². The van der Waals surface area contributed by atoms with E-state index in [0.717, 1.165) is 5.52 Å². The number of benzene rings is 2. The van der Waals surface area contributed by atoms with Crippen molar-refractivity contribution in [3.8, 4) is 11.5 Å². The average Bonchev–Trinajstić information content (AvgIpc) is 3.34. The zero-order valence-electron chi connectivity index (χ0n) is 19.2. The second-order valence-corrected chi connectivity index (χ2v) is 8.61. The highest BCUT2D eigenvalue weighted by Crippen LogP contribution is 2.34. The number of thiazole rings is 1. The van der Waals surface area contributed by atoms with E-state index in [1.165, 1.54) is 36.6 Å². The van der Waals surface area contributed by atoms with Gasteiger partial charge in [-0.3, -0.25) is 4.79 Å². The summed E-state index contributed by atoms with van der Waals surface area (Å²) in [6, 6.07) is 7.41. The molecule has 4 aromatic rings. The molecule has 2 heterocycles. The van der Waals surface area contributed by atoms with Crippen molar-refractivity contribution in [2.75, 3.05) is 25.6 Å². The van der Waals surface area contributed by atoms with Gasteiger partial charge in [-0.2, -0.15) is 0 Å². The van der Waals surface area contributed by atoms with Crippen LogP contribution in [-0.4, -0.2) is 47.0 Å². The summed E-state index contributed by atoms with van der Waals surface area (Å²) < 4.78 is 54.6. The zero-order valence-corrected chi connectivity index (χ0v) is 20.0. The Labute approximate surface area is 202 Å². The summed E-state index contributed by atoms with van der Waals surface area (Å²) in [5.41, 5.74) is 2.29. The number of ketones is 1. The Hall–Kier alpha value is -3.38. The molecule has 12 heteroatoms. The Kier molecular flexibility index (Phi) is 7.13. The fourth-order valence-corrected chi connectivity index (χ4v) is 4.47. The number of rotatable bonds is 10. The minimum atomic E-state index is -4.77. The average molecular weight is 509 g/mol. The maximum Gasteiger partial charge on any atom is 0.573 e. The predicted molar refractivity (Wildman–Crippen MR) is 127 cm³/mol. The number of aryl methyl sites for hydroxylation is 1. The van der Waals surface area contributed by atoms with Gasteiger partial charge in [-0.1, -0.05) is 11.3 Å². The molecule has 0 saturated heterocycles. The van der Waals surface area contributed by atoms with Gasteiger partial charge in [0.2, 0.25) is 5.95 Å². The van der Waals surface area contributed by atoms with E-state index in [4.69, 9.17) is 9.47 Å². The summed E-state index contributed by atoms with van der Waals surface area (Å²) in [5, 5.41) is 3.55. The molecule has 0 spiro atoms. The molecule has 186 valence electrons. The lowest BCUT2D eigenvalue weighted by atomic mass is 10.0. The number of methoxy groups -OCH3 is 1. The van der Waals surface area contributed by atoms with Gasteiger partial charge in [0.05, 0.1) is 33.9 Å². The fourth-order valence-electron chi connectivity index (χ4n) is 3.58. The highest BCUT2D eigenvalue weighted by atomic mass is 32.1. The number of nitrogens with zero attached hydrogens (tertiary/aromatic N) is 3. The van der Waals surface area contributed by atoms with Crippen LogP contribution in [0.25, 0.3) is 21.3 Å². The topological polar surface area (TPSA) is 87.5 Å². The first-order valence-corrected chi connectivity index (χ1v) is 11.6. The van der Waals surface area contributed by atoms with Crippen molar-refractivity contribution in [3.05, 3.63) is 35.9 Å². The molecule has 8 nitrogen and oxygen atoms in total. The van der Waals surface area contributed by atoms with Crippen LogP contribution in [0.3, 0.4) is 0 Å². The Morgan fingerprint density at radius 1 is 1.17 bits per heavy atom. The number of fused-ring (bicyclic) bond motifs is 2. The lowest BCUT2D eigenvalue weighted by Gasteiger charge is -2.09. The molecular weight excluding hydrogens is 485 g/mol. The molecule has 0 aliphatic carbocycles. The molecule has 0 aliphatic heterocycles. The van der Waals surface area contributed by atoms with Crippen molar-refractivity contribution in [3.63, 3.8) is 0 Å². The van der Waals surface area contributed by atoms with Crippen molar-refractivity contribution >= 4 is 49.4 Å². The third kappa shape index (κ3) is 5.65. The minimum Gasteiger partial charge on any atom is -0.496 e. The van der Waals surface area contributed by atoms with E-state index in [1.807, 2.05) is 6.92 Å². The SMILES string of the molecule is CCOCCCC(=O)c1cc2nc(Nc3nc4ccc(OC(F)(F)F)cc4s3)n(C)c2cc1OC. The fraction of sp³-hybridized carbons (Fsp3) is 0.348. The van der Waals surface area contributed by atoms with E-state index >= 15 is 0 Å². The number of carbonyl (C=O) groups is 1. The number of hydrogen-bond acceptors (Lipinski definition) is 8. The summed E-state index contributed by atoms with van der Waals surface area (Å²) in [6.45, 7) is 3.01. The monoisotopic (exact) mass is 508 g/mol. The Morgan fingerprint density at radius 2 is 1.97 bits per heavy atom. The molecule has 35 heavy (non-hydrogen) atoms. The van der Waals surface area contributed by atoms with Crippen LogP contribution in [0.2, 0.25) is 0 Å². The van der Waals surface area contributed by atoms with Crippen molar-refractivity contribution in [2.24, 2.45) is 7.05 Å². The van der Waals surface area contributed by atoms with Crippen molar-refractivity contribution in [1.82, 2.24) is 14.5 Å². The van der Waals surface area contributed by atoms with Gasteiger partial charge in [-0.05, 0) is 31.5 Å². The molecule has 0 amide bonds. The lowest BCUT2D eigenvalue weighted by Crippen LogP contribution is -2.16. The summed E-state index contributed by atoms with van der Waals surface area (Å²) >= 11 is 1.17. The van der Waals surface area contributed by atoms with Crippen LogP contribution < -0.4 is 14.8 Å². The van der Waals surface area contributed by atoms with Gasteiger partial charge in [-0.25, -0.2) is 9.97 Å². The van der Waals surface area contributed by atoms with Crippen LogP contribution in [0.5, 0.6) is 11.5 Å². The van der Waals surface area contributed by atoms with Crippen LogP contribution in [0, 0.1) is 0 Å². The number of Topliss-reactive ketones (excluding diaryl/α,β-unsaturated/α-hetero) is 1. The summed E-state index contributed by atoms with van der Waals surface area (Å²) in [4.78, 5) is 21.7. The molecule has 0 bridgehead atoms. The normalized spacial score (nSPS) is 11.8. The van der Waals surface area contributed by atoms with Gasteiger partial charge in [-0.15, -0.1) is 13.2 Å². The van der Waals surface area contributed by atoms with E-state index in [1.54, 1.807) is 23.7 Å². The number of carbonyl (C=O) groups excluding carboxylic acids is 1. The van der Waals surface area contributed by atoms with Crippen LogP contribution in [-0.2, 0) is 11.8 Å². The molecule has 4 rings (SSSR count). The first-order chi connectivity index (χ1) is 16.7. The molecule has 0 saturated carbocycles. The largest absolute Gasteiger partial charge is 0.573 e. The van der Waals surface area contributed by atoms with Crippen LogP contribution in [0.1, 0.15) is 30.1 Å². The third-order valence-corrected chi connectivity index (χ3v) is 6.14. The molecule has 2 aromatic carbocycles. The quantitative estimate of drug-likeness (QED) is 0.213. The van der Waals surface area contributed by atoms with Crippen molar-refractivity contribution < 1.29 is 32.2 Å². The maximum absolute atomic E-state index is 12.8. The number of halogens is 3.